The van der Waals surface area contributed by atoms with Crippen LogP contribution in [0.2, 0.25) is 0 Å². The second-order valence-corrected chi connectivity index (χ2v) is 5.83. The lowest BCUT2D eigenvalue weighted by molar-refractivity contribution is -0.0839. The molecule has 1 fully saturated rings. The van der Waals surface area contributed by atoms with Gasteiger partial charge in [0.2, 0.25) is 0 Å². The molecule has 1 heterocycles. The van der Waals surface area contributed by atoms with Crippen LogP contribution in [0, 0.1) is 12.8 Å². The Morgan fingerprint density at radius 3 is 2.63 bits per heavy atom. The van der Waals surface area contributed by atoms with E-state index in [0.717, 1.165) is 36.0 Å². The van der Waals surface area contributed by atoms with Crippen molar-refractivity contribution in [3.63, 3.8) is 0 Å². The molecule has 0 amide bonds. The number of halogens is 1. The number of rotatable bonds is 4. The van der Waals surface area contributed by atoms with Crippen molar-refractivity contribution < 1.29 is 4.74 Å². The van der Waals surface area contributed by atoms with E-state index in [2.05, 4.69) is 16.9 Å². The van der Waals surface area contributed by atoms with Gasteiger partial charge >= 0.3 is 0 Å². The Balaban J connectivity index is 2.35. The Morgan fingerprint density at radius 1 is 1.37 bits per heavy atom. The van der Waals surface area contributed by atoms with E-state index in [1.807, 2.05) is 19.9 Å². The summed E-state index contributed by atoms with van der Waals surface area (Å²) in [5, 5.41) is 0. The third kappa shape index (κ3) is 3.26. The topological polar surface area (TPSA) is 35.0 Å². The predicted molar refractivity (Wildman–Crippen MR) is 77.3 cm³/mol. The van der Waals surface area contributed by atoms with Crippen molar-refractivity contribution >= 4 is 11.6 Å². The van der Waals surface area contributed by atoms with E-state index in [4.69, 9.17) is 16.3 Å². The van der Waals surface area contributed by atoms with Crippen molar-refractivity contribution in [1.82, 2.24) is 9.97 Å². The van der Waals surface area contributed by atoms with Crippen LogP contribution in [-0.4, -0.2) is 16.6 Å². The lowest BCUT2D eigenvalue weighted by Gasteiger charge is -2.38. The molecule has 3 nitrogen and oxygen atoms in total. The lowest BCUT2D eigenvalue weighted by Crippen LogP contribution is -2.36. The molecular weight excluding hydrogens is 260 g/mol. The molecule has 4 heteroatoms. The van der Waals surface area contributed by atoms with Gasteiger partial charge in [-0.25, -0.2) is 9.97 Å². The Morgan fingerprint density at radius 2 is 2.05 bits per heavy atom. The number of aromatic nitrogens is 2. The third-order valence-electron chi connectivity index (χ3n) is 3.95. The molecule has 1 aliphatic carbocycles. The smallest absolute Gasteiger partial charge is 0.160 e. The van der Waals surface area contributed by atoms with E-state index in [1.165, 1.54) is 12.8 Å². The highest BCUT2D eigenvalue weighted by molar-refractivity contribution is 6.16. The quantitative estimate of drug-likeness (QED) is 0.784. The number of aryl methyl sites for hydroxylation is 1. The van der Waals surface area contributed by atoms with Gasteiger partial charge in [0, 0.05) is 12.3 Å². The fraction of sp³-hybridized carbons (Fsp3) is 0.733. The molecule has 2 rings (SSSR count). The normalized spacial score (nSPS) is 27.5. The monoisotopic (exact) mass is 282 g/mol. The maximum absolute atomic E-state index is 6.09. The fourth-order valence-electron chi connectivity index (χ4n) is 2.84. The van der Waals surface area contributed by atoms with Crippen LogP contribution in [0.4, 0.5) is 0 Å². The summed E-state index contributed by atoms with van der Waals surface area (Å²) in [4.78, 5) is 9.25. The number of nitrogens with zero attached hydrogens (tertiary/aromatic N) is 2. The van der Waals surface area contributed by atoms with E-state index in [1.54, 1.807) is 0 Å². The van der Waals surface area contributed by atoms with Crippen molar-refractivity contribution in [2.75, 3.05) is 6.61 Å². The standard InChI is InChI=1S/C15H23ClN2O/c1-4-19-15(7-5-11(2)6-8-15)14-17-12(3)9-13(10-16)18-14/h9,11H,4-8,10H2,1-3H3. The summed E-state index contributed by atoms with van der Waals surface area (Å²) in [5.74, 6) is 2.03. The maximum atomic E-state index is 6.09. The minimum Gasteiger partial charge on any atom is -0.367 e. The third-order valence-corrected chi connectivity index (χ3v) is 4.23. The molecule has 0 radical (unpaired) electrons. The molecule has 0 saturated heterocycles. The van der Waals surface area contributed by atoms with Crippen molar-refractivity contribution in [2.24, 2.45) is 5.92 Å². The van der Waals surface area contributed by atoms with Crippen LogP contribution in [0.5, 0.6) is 0 Å². The van der Waals surface area contributed by atoms with Crippen LogP contribution in [0.25, 0.3) is 0 Å². The van der Waals surface area contributed by atoms with Gasteiger partial charge in [-0.2, -0.15) is 0 Å². The van der Waals surface area contributed by atoms with Gasteiger partial charge in [-0.15, -0.1) is 11.6 Å². The summed E-state index contributed by atoms with van der Waals surface area (Å²) in [6, 6.07) is 1.95. The summed E-state index contributed by atoms with van der Waals surface area (Å²) < 4.78 is 6.09. The van der Waals surface area contributed by atoms with Gasteiger partial charge in [-0.1, -0.05) is 6.92 Å². The van der Waals surface area contributed by atoms with Crippen molar-refractivity contribution in [3.05, 3.63) is 23.3 Å². The highest BCUT2D eigenvalue weighted by Gasteiger charge is 2.39. The van der Waals surface area contributed by atoms with Gasteiger partial charge in [-0.05, 0) is 51.5 Å². The SMILES string of the molecule is CCOC1(c2nc(C)cc(CCl)n2)CCC(C)CC1. The van der Waals surface area contributed by atoms with Crippen molar-refractivity contribution in [3.8, 4) is 0 Å². The summed E-state index contributed by atoms with van der Waals surface area (Å²) in [5.41, 5.74) is 1.56. The van der Waals surface area contributed by atoms with Crippen molar-refractivity contribution in [2.45, 2.75) is 57.9 Å². The molecule has 0 atom stereocenters. The van der Waals surface area contributed by atoms with E-state index in [-0.39, 0.29) is 5.60 Å². The van der Waals surface area contributed by atoms with Gasteiger partial charge < -0.3 is 4.74 Å². The Bertz CT molecular complexity index is 428. The zero-order valence-electron chi connectivity index (χ0n) is 12.1. The van der Waals surface area contributed by atoms with E-state index >= 15 is 0 Å². The second-order valence-electron chi connectivity index (χ2n) is 5.57. The van der Waals surface area contributed by atoms with Crippen LogP contribution in [0.1, 0.15) is 56.7 Å². The van der Waals surface area contributed by atoms with Crippen LogP contribution < -0.4 is 0 Å². The van der Waals surface area contributed by atoms with Crippen LogP contribution in [0.3, 0.4) is 0 Å². The summed E-state index contributed by atoms with van der Waals surface area (Å²) >= 11 is 5.92. The maximum Gasteiger partial charge on any atom is 0.160 e. The summed E-state index contributed by atoms with van der Waals surface area (Å²) in [6.07, 6.45) is 4.36. The zero-order chi connectivity index (χ0) is 13.9. The molecule has 1 saturated carbocycles. The Hall–Kier alpha value is -0.670. The Labute approximate surface area is 120 Å². The minimum atomic E-state index is -0.298. The largest absolute Gasteiger partial charge is 0.367 e. The molecule has 1 aromatic heterocycles. The highest BCUT2D eigenvalue weighted by atomic mass is 35.5. The number of ether oxygens (including phenoxy) is 1. The van der Waals surface area contributed by atoms with Crippen molar-refractivity contribution in [1.29, 1.82) is 0 Å². The number of hydrogen-bond acceptors (Lipinski definition) is 3. The number of hydrogen-bond donors (Lipinski definition) is 0. The van der Waals surface area contributed by atoms with E-state index < -0.39 is 0 Å². The Kier molecular flexibility index (Phi) is 4.80. The summed E-state index contributed by atoms with van der Waals surface area (Å²) in [6.45, 7) is 7.03. The molecule has 1 aromatic rings. The van der Waals surface area contributed by atoms with E-state index in [0.29, 0.717) is 12.5 Å². The van der Waals surface area contributed by atoms with Gasteiger partial charge in [0.05, 0.1) is 11.6 Å². The first-order valence-electron chi connectivity index (χ1n) is 7.14. The highest BCUT2D eigenvalue weighted by Crippen LogP contribution is 2.41. The molecule has 0 bridgehead atoms. The zero-order valence-corrected chi connectivity index (χ0v) is 12.8. The second kappa shape index (κ2) is 6.19. The molecule has 1 aliphatic rings. The van der Waals surface area contributed by atoms with Gasteiger partial charge in [-0.3, -0.25) is 0 Å². The summed E-state index contributed by atoms with van der Waals surface area (Å²) in [7, 11) is 0. The first kappa shape index (κ1) is 14.7. The van der Waals surface area contributed by atoms with Crippen LogP contribution in [-0.2, 0) is 16.2 Å². The molecule has 19 heavy (non-hydrogen) atoms. The molecule has 0 aromatic carbocycles. The van der Waals surface area contributed by atoms with Gasteiger partial charge in [0.1, 0.15) is 5.60 Å². The van der Waals surface area contributed by atoms with Crippen LogP contribution in [0.15, 0.2) is 6.07 Å². The lowest BCUT2D eigenvalue weighted by atomic mass is 9.78. The number of alkyl halides is 1. The minimum absolute atomic E-state index is 0.298. The van der Waals surface area contributed by atoms with Gasteiger partial charge in [0.15, 0.2) is 5.82 Å². The molecule has 0 aliphatic heterocycles. The predicted octanol–water partition coefficient (Wildman–Crippen LogP) is 3.97. The first-order chi connectivity index (χ1) is 9.09. The fourth-order valence-corrected chi connectivity index (χ4v) is 2.98. The average molecular weight is 283 g/mol. The van der Waals surface area contributed by atoms with E-state index in [9.17, 15) is 0 Å². The van der Waals surface area contributed by atoms with Gasteiger partial charge in [0.25, 0.3) is 0 Å². The van der Waals surface area contributed by atoms with Crippen LogP contribution >= 0.6 is 11.6 Å². The molecule has 0 unspecified atom stereocenters. The molecule has 0 spiro atoms. The first-order valence-corrected chi connectivity index (χ1v) is 7.68. The molecular formula is C15H23ClN2O. The average Bonchev–Trinajstić information content (AvgIpc) is 2.41. The molecule has 106 valence electrons. The molecule has 0 N–H and O–H groups in total.